The first kappa shape index (κ1) is 20.0. The summed E-state index contributed by atoms with van der Waals surface area (Å²) in [5.41, 5.74) is 2.35. The highest BCUT2D eigenvalue weighted by molar-refractivity contribution is 6.00. The lowest BCUT2D eigenvalue weighted by atomic mass is 9.92. The highest BCUT2D eigenvalue weighted by Crippen LogP contribution is 2.25. The minimum atomic E-state index is -0.0601. The first-order chi connectivity index (χ1) is 12.1. The van der Waals surface area contributed by atoms with Gasteiger partial charge in [-0.1, -0.05) is 34.6 Å². The van der Waals surface area contributed by atoms with Gasteiger partial charge < -0.3 is 15.2 Å². The zero-order valence-electron chi connectivity index (χ0n) is 16.8. The van der Waals surface area contributed by atoms with E-state index in [1.807, 2.05) is 56.5 Å². The van der Waals surface area contributed by atoms with E-state index in [0.717, 1.165) is 16.6 Å². The van der Waals surface area contributed by atoms with Gasteiger partial charge in [-0.25, -0.2) is 0 Å². The topological polar surface area (TPSA) is 63.1 Å². The molecule has 1 heterocycles. The van der Waals surface area contributed by atoms with Crippen molar-refractivity contribution in [2.75, 3.05) is 11.9 Å². The van der Waals surface area contributed by atoms with Gasteiger partial charge in [-0.2, -0.15) is 0 Å². The molecule has 0 radical (unpaired) electrons. The number of nitrogens with zero attached hydrogens (tertiary/aromatic N) is 1. The molecule has 0 unspecified atom stereocenters. The number of carbonyl (C=O) groups excluding carboxylic acids is 2. The lowest BCUT2D eigenvalue weighted by molar-refractivity contribution is -0.117. The summed E-state index contributed by atoms with van der Waals surface area (Å²) in [5, 5.41) is 6.89. The van der Waals surface area contributed by atoms with E-state index in [-0.39, 0.29) is 17.2 Å². The zero-order chi connectivity index (χ0) is 19.5. The standard InChI is InChI=1S/C21H31N3O2/c1-7-24-17-9-8-16(23-19(25)12-21(4,5)6)10-15(17)11-18(24)20(26)22-13-14(2)3/h8-11,14H,7,12-13H2,1-6H3,(H,22,26)(H,23,25). The van der Waals surface area contributed by atoms with Crippen molar-refractivity contribution < 1.29 is 9.59 Å². The Hall–Kier alpha value is -2.30. The molecule has 26 heavy (non-hydrogen) atoms. The quantitative estimate of drug-likeness (QED) is 0.804. The van der Waals surface area contributed by atoms with Gasteiger partial charge in [0, 0.05) is 36.1 Å². The third-order valence-corrected chi connectivity index (χ3v) is 4.10. The van der Waals surface area contributed by atoms with E-state index in [9.17, 15) is 9.59 Å². The molecule has 0 saturated carbocycles. The van der Waals surface area contributed by atoms with Crippen LogP contribution in [0.1, 0.15) is 58.5 Å². The molecule has 0 bridgehead atoms. The van der Waals surface area contributed by atoms with Crippen LogP contribution in [0.4, 0.5) is 5.69 Å². The van der Waals surface area contributed by atoms with Gasteiger partial charge in [0.15, 0.2) is 0 Å². The summed E-state index contributed by atoms with van der Waals surface area (Å²) in [6.45, 7) is 13.7. The Kier molecular flexibility index (Phi) is 6.11. The van der Waals surface area contributed by atoms with Crippen LogP contribution in [0, 0.1) is 11.3 Å². The van der Waals surface area contributed by atoms with Crippen LogP contribution in [0.3, 0.4) is 0 Å². The van der Waals surface area contributed by atoms with Crippen LogP contribution in [-0.2, 0) is 11.3 Å². The maximum atomic E-state index is 12.5. The zero-order valence-corrected chi connectivity index (χ0v) is 16.8. The molecule has 5 nitrogen and oxygen atoms in total. The summed E-state index contributed by atoms with van der Waals surface area (Å²) < 4.78 is 2.01. The number of aromatic nitrogens is 1. The molecule has 2 N–H and O–H groups in total. The molecular formula is C21H31N3O2. The van der Waals surface area contributed by atoms with Crippen LogP contribution in [0.2, 0.25) is 0 Å². The first-order valence-corrected chi connectivity index (χ1v) is 9.32. The SMILES string of the molecule is CCn1c(C(=O)NCC(C)C)cc2cc(NC(=O)CC(C)(C)C)ccc21. The molecule has 0 atom stereocenters. The van der Waals surface area contributed by atoms with Crippen molar-refractivity contribution in [3.63, 3.8) is 0 Å². The summed E-state index contributed by atoms with van der Waals surface area (Å²) in [7, 11) is 0. The van der Waals surface area contributed by atoms with Crippen molar-refractivity contribution in [1.29, 1.82) is 0 Å². The highest BCUT2D eigenvalue weighted by atomic mass is 16.2. The van der Waals surface area contributed by atoms with Crippen molar-refractivity contribution in [2.24, 2.45) is 11.3 Å². The molecule has 2 aromatic rings. The minimum Gasteiger partial charge on any atom is -0.351 e. The molecule has 142 valence electrons. The van der Waals surface area contributed by atoms with Crippen molar-refractivity contribution in [2.45, 2.75) is 54.5 Å². The van der Waals surface area contributed by atoms with E-state index in [2.05, 4.69) is 24.5 Å². The summed E-state index contributed by atoms with van der Waals surface area (Å²) in [4.78, 5) is 24.7. The fourth-order valence-electron chi connectivity index (χ4n) is 2.95. The van der Waals surface area contributed by atoms with Crippen molar-refractivity contribution in [3.8, 4) is 0 Å². The van der Waals surface area contributed by atoms with Crippen LogP contribution in [-0.4, -0.2) is 22.9 Å². The molecule has 0 aliphatic rings. The Morgan fingerprint density at radius 3 is 2.42 bits per heavy atom. The third kappa shape index (κ3) is 5.10. The molecule has 2 rings (SSSR count). The van der Waals surface area contributed by atoms with Gasteiger partial charge in [-0.05, 0) is 42.5 Å². The highest BCUT2D eigenvalue weighted by Gasteiger charge is 2.18. The number of amides is 2. The summed E-state index contributed by atoms with van der Waals surface area (Å²) in [6.07, 6.45) is 0.462. The van der Waals surface area contributed by atoms with E-state index in [4.69, 9.17) is 0 Å². The molecule has 0 aliphatic carbocycles. The number of nitrogens with one attached hydrogen (secondary N) is 2. The van der Waals surface area contributed by atoms with Crippen molar-refractivity contribution in [1.82, 2.24) is 9.88 Å². The fraction of sp³-hybridized carbons (Fsp3) is 0.524. The van der Waals surface area contributed by atoms with E-state index in [1.165, 1.54) is 0 Å². The van der Waals surface area contributed by atoms with Gasteiger partial charge in [0.25, 0.3) is 5.91 Å². The van der Waals surface area contributed by atoms with Crippen LogP contribution >= 0.6 is 0 Å². The molecular weight excluding hydrogens is 326 g/mol. The molecule has 1 aromatic heterocycles. The molecule has 0 spiro atoms. The smallest absolute Gasteiger partial charge is 0.267 e. The molecule has 1 aromatic carbocycles. The number of rotatable bonds is 6. The number of hydrogen-bond acceptors (Lipinski definition) is 2. The van der Waals surface area contributed by atoms with E-state index in [1.54, 1.807) is 0 Å². The number of aryl methyl sites for hydroxylation is 1. The van der Waals surface area contributed by atoms with Crippen LogP contribution < -0.4 is 10.6 Å². The number of fused-ring (bicyclic) bond motifs is 1. The Bertz CT molecular complexity index is 797. The Labute approximate surface area is 156 Å². The molecule has 0 fully saturated rings. The van der Waals surface area contributed by atoms with Gasteiger partial charge >= 0.3 is 0 Å². The van der Waals surface area contributed by atoms with Gasteiger partial charge in [-0.3, -0.25) is 9.59 Å². The van der Waals surface area contributed by atoms with Gasteiger partial charge in [0.2, 0.25) is 5.91 Å². The van der Waals surface area contributed by atoms with E-state index >= 15 is 0 Å². The fourth-order valence-corrected chi connectivity index (χ4v) is 2.95. The Balaban J connectivity index is 2.26. The average molecular weight is 357 g/mol. The number of anilines is 1. The molecule has 2 amide bonds. The lowest BCUT2D eigenvalue weighted by Crippen LogP contribution is -2.29. The molecule has 0 aliphatic heterocycles. The number of carbonyl (C=O) groups is 2. The van der Waals surface area contributed by atoms with Gasteiger partial charge in [-0.15, -0.1) is 0 Å². The van der Waals surface area contributed by atoms with Gasteiger partial charge in [0.05, 0.1) is 0 Å². The summed E-state index contributed by atoms with van der Waals surface area (Å²) in [5.74, 6) is 0.347. The van der Waals surface area contributed by atoms with Crippen molar-refractivity contribution in [3.05, 3.63) is 30.0 Å². The predicted molar refractivity (Wildman–Crippen MR) is 107 cm³/mol. The lowest BCUT2D eigenvalue weighted by Gasteiger charge is -2.17. The molecule has 0 saturated heterocycles. The normalized spacial score (nSPS) is 11.8. The maximum Gasteiger partial charge on any atom is 0.267 e. The van der Waals surface area contributed by atoms with Crippen LogP contribution in [0.25, 0.3) is 10.9 Å². The van der Waals surface area contributed by atoms with Crippen LogP contribution in [0.15, 0.2) is 24.3 Å². The largest absolute Gasteiger partial charge is 0.351 e. The second kappa shape index (κ2) is 7.94. The number of hydrogen-bond donors (Lipinski definition) is 2. The maximum absolute atomic E-state index is 12.5. The first-order valence-electron chi connectivity index (χ1n) is 9.32. The Morgan fingerprint density at radius 2 is 1.85 bits per heavy atom. The Morgan fingerprint density at radius 1 is 1.15 bits per heavy atom. The monoisotopic (exact) mass is 357 g/mol. The van der Waals surface area contributed by atoms with Crippen molar-refractivity contribution >= 4 is 28.4 Å². The number of benzene rings is 1. The van der Waals surface area contributed by atoms with Gasteiger partial charge in [0.1, 0.15) is 5.69 Å². The van der Waals surface area contributed by atoms with E-state index < -0.39 is 0 Å². The minimum absolute atomic E-state index is 0.00155. The van der Waals surface area contributed by atoms with E-state index in [0.29, 0.717) is 31.1 Å². The second-order valence-electron chi connectivity index (χ2n) is 8.44. The third-order valence-electron chi connectivity index (χ3n) is 4.10. The predicted octanol–water partition coefficient (Wildman–Crippen LogP) is 4.42. The summed E-state index contributed by atoms with van der Waals surface area (Å²) in [6, 6.07) is 7.69. The van der Waals surface area contributed by atoms with Crippen LogP contribution in [0.5, 0.6) is 0 Å². The average Bonchev–Trinajstić information content (AvgIpc) is 2.88. The molecule has 5 heteroatoms. The second-order valence-corrected chi connectivity index (χ2v) is 8.44. The summed E-state index contributed by atoms with van der Waals surface area (Å²) >= 11 is 0.